The lowest BCUT2D eigenvalue weighted by Crippen LogP contribution is -2.38. The average Bonchev–Trinajstić information content (AvgIpc) is 2.91. The fourth-order valence-corrected chi connectivity index (χ4v) is 3.68. The predicted octanol–water partition coefficient (Wildman–Crippen LogP) is 2.78. The first kappa shape index (κ1) is 14.6. The number of piperidine rings is 1. The molecule has 0 aliphatic carbocycles. The van der Waals surface area contributed by atoms with Crippen molar-refractivity contribution in [2.24, 2.45) is 5.41 Å². The second kappa shape index (κ2) is 6.63. The van der Waals surface area contributed by atoms with Gasteiger partial charge in [-0.2, -0.15) is 0 Å². The van der Waals surface area contributed by atoms with Crippen LogP contribution in [0.5, 0.6) is 5.75 Å². The van der Waals surface area contributed by atoms with Crippen molar-refractivity contribution in [3.05, 3.63) is 35.9 Å². The van der Waals surface area contributed by atoms with E-state index >= 15 is 0 Å². The largest absolute Gasteiger partial charge is 0.496 e. The van der Waals surface area contributed by atoms with E-state index in [1.165, 1.54) is 45.4 Å². The molecule has 0 atom stereocenters. The number of para-hydroxylation sites is 1. The monoisotopic (exact) mass is 286 g/mol. The lowest BCUT2D eigenvalue weighted by molar-refractivity contribution is 0.202. The zero-order valence-electron chi connectivity index (χ0n) is 13.0. The molecule has 0 aromatic heterocycles. The first-order valence-electron chi connectivity index (χ1n) is 8.04. The molecule has 2 saturated heterocycles. The van der Waals surface area contributed by atoms with Gasteiger partial charge in [0.1, 0.15) is 5.75 Å². The van der Waals surface area contributed by atoms with Crippen LogP contribution in [0.15, 0.2) is 30.3 Å². The third-order valence-electron chi connectivity index (χ3n) is 4.98. The summed E-state index contributed by atoms with van der Waals surface area (Å²) in [4.78, 5) is 2.59. The lowest BCUT2D eigenvalue weighted by atomic mass is 9.78. The topological polar surface area (TPSA) is 24.5 Å². The molecule has 2 heterocycles. The van der Waals surface area contributed by atoms with Gasteiger partial charge in [-0.15, -0.1) is 0 Å². The number of benzene rings is 1. The molecular weight excluding hydrogens is 260 g/mol. The van der Waals surface area contributed by atoms with E-state index in [2.05, 4.69) is 34.5 Å². The SMILES string of the molecule is COc1ccccc1/C=C/CN1CCC2(CCNCC2)C1. The van der Waals surface area contributed by atoms with E-state index < -0.39 is 0 Å². The summed E-state index contributed by atoms with van der Waals surface area (Å²) in [6.07, 6.45) is 8.53. The first-order chi connectivity index (χ1) is 10.3. The van der Waals surface area contributed by atoms with Crippen molar-refractivity contribution in [2.75, 3.05) is 39.8 Å². The quantitative estimate of drug-likeness (QED) is 0.921. The molecule has 1 spiro atoms. The van der Waals surface area contributed by atoms with Gasteiger partial charge in [0.2, 0.25) is 0 Å². The van der Waals surface area contributed by atoms with E-state index in [4.69, 9.17) is 4.74 Å². The van der Waals surface area contributed by atoms with Crippen LogP contribution in [0.25, 0.3) is 6.08 Å². The van der Waals surface area contributed by atoms with Gasteiger partial charge in [-0.3, -0.25) is 4.90 Å². The van der Waals surface area contributed by atoms with E-state index in [0.717, 1.165) is 17.9 Å². The average molecular weight is 286 g/mol. The molecule has 0 radical (unpaired) electrons. The fourth-order valence-electron chi connectivity index (χ4n) is 3.68. The number of nitrogens with one attached hydrogen (secondary N) is 1. The number of likely N-dealkylation sites (tertiary alicyclic amines) is 1. The minimum Gasteiger partial charge on any atom is -0.496 e. The summed E-state index contributed by atoms with van der Waals surface area (Å²) < 4.78 is 5.39. The summed E-state index contributed by atoms with van der Waals surface area (Å²) >= 11 is 0. The van der Waals surface area contributed by atoms with E-state index in [0.29, 0.717) is 5.41 Å². The van der Waals surface area contributed by atoms with Crippen LogP contribution in [-0.2, 0) is 0 Å². The molecule has 3 rings (SSSR count). The van der Waals surface area contributed by atoms with Crippen molar-refractivity contribution >= 4 is 6.08 Å². The van der Waals surface area contributed by atoms with Gasteiger partial charge in [0.05, 0.1) is 7.11 Å². The molecule has 0 amide bonds. The van der Waals surface area contributed by atoms with Gasteiger partial charge in [0, 0.05) is 18.7 Å². The van der Waals surface area contributed by atoms with Crippen molar-refractivity contribution in [2.45, 2.75) is 19.3 Å². The van der Waals surface area contributed by atoms with Gasteiger partial charge in [0.25, 0.3) is 0 Å². The minimum absolute atomic E-state index is 0.601. The highest BCUT2D eigenvalue weighted by Crippen LogP contribution is 2.38. The molecule has 3 heteroatoms. The van der Waals surface area contributed by atoms with Crippen LogP contribution < -0.4 is 10.1 Å². The molecule has 0 saturated carbocycles. The highest BCUT2D eigenvalue weighted by molar-refractivity contribution is 5.57. The molecule has 114 valence electrons. The Kier molecular flexibility index (Phi) is 4.61. The molecule has 2 aliphatic heterocycles. The predicted molar refractivity (Wildman–Crippen MR) is 87.6 cm³/mol. The summed E-state index contributed by atoms with van der Waals surface area (Å²) in [6.45, 7) is 5.96. The molecule has 1 N–H and O–H groups in total. The number of hydrogen-bond donors (Lipinski definition) is 1. The Hall–Kier alpha value is -1.32. The third kappa shape index (κ3) is 3.47. The Balaban J connectivity index is 1.55. The number of rotatable bonds is 4. The van der Waals surface area contributed by atoms with Crippen LogP contribution in [0.3, 0.4) is 0 Å². The number of hydrogen-bond acceptors (Lipinski definition) is 3. The Morgan fingerprint density at radius 3 is 2.86 bits per heavy atom. The van der Waals surface area contributed by atoms with Crippen LogP contribution in [-0.4, -0.2) is 44.7 Å². The van der Waals surface area contributed by atoms with E-state index in [9.17, 15) is 0 Å². The summed E-state index contributed by atoms with van der Waals surface area (Å²) in [5.74, 6) is 0.949. The van der Waals surface area contributed by atoms with E-state index in [1.807, 2.05) is 12.1 Å². The van der Waals surface area contributed by atoms with Crippen LogP contribution in [0.1, 0.15) is 24.8 Å². The van der Waals surface area contributed by atoms with Crippen molar-refractivity contribution in [3.63, 3.8) is 0 Å². The number of nitrogens with zero attached hydrogens (tertiary/aromatic N) is 1. The summed E-state index contributed by atoms with van der Waals surface area (Å²) in [5.41, 5.74) is 1.76. The van der Waals surface area contributed by atoms with Crippen molar-refractivity contribution in [1.29, 1.82) is 0 Å². The molecule has 3 nitrogen and oxygen atoms in total. The van der Waals surface area contributed by atoms with Gasteiger partial charge in [0.15, 0.2) is 0 Å². The standard InChI is InChI=1S/C18H26N2O/c1-21-17-7-3-2-5-16(17)6-4-13-20-14-10-18(15-20)8-11-19-12-9-18/h2-7,19H,8-15H2,1H3/b6-4+. The first-order valence-corrected chi connectivity index (χ1v) is 8.04. The van der Waals surface area contributed by atoms with Gasteiger partial charge in [-0.1, -0.05) is 30.4 Å². The van der Waals surface area contributed by atoms with Gasteiger partial charge in [-0.25, -0.2) is 0 Å². The maximum atomic E-state index is 5.39. The minimum atomic E-state index is 0.601. The Morgan fingerprint density at radius 2 is 2.05 bits per heavy atom. The summed E-state index contributed by atoms with van der Waals surface area (Å²) in [7, 11) is 1.73. The summed E-state index contributed by atoms with van der Waals surface area (Å²) in [5, 5.41) is 3.48. The van der Waals surface area contributed by atoms with Gasteiger partial charge >= 0.3 is 0 Å². The molecule has 1 aromatic carbocycles. The highest BCUT2D eigenvalue weighted by Gasteiger charge is 2.38. The Labute approximate surface area is 128 Å². The van der Waals surface area contributed by atoms with E-state index in [-0.39, 0.29) is 0 Å². The molecular formula is C18H26N2O. The zero-order chi connectivity index (χ0) is 14.5. The van der Waals surface area contributed by atoms with Crippen molar-refractivity contribution < 1.29 is 4.74 Å². The normalized spacial score (nSPS) is 22.1. The zero-order valence-corrected chi connectivity index (χ0v) is 13.0. The molecule has 1 aromatic rings. The lowest BCUT2D eigenvalue weighted by Gasteiger charge is -2.33. The Morgan fingerprint density at radius 1 is 1.24 bits per heavy atom. The molecule has 0 unspecified atom stereocenters. The molecule has 0 bridgehead atoms. The van der Waals surface area contributed by atoms with Crippen molar-refractivity contribution in [3.8, 4) is 5.75 Å². The number of methoxy groups -OCH3 is 1. The third-order valence-corrected chi connectivity index (χ3v) is 4.98. The maximum absolute atomic E-state index is 5.39. The van der Waals surface area contributed by atoms with Crippen LogP contribution in [0.2, 0.25) is 0 Å². The van der Waals surface area contributed by atoms with Gasteiger partial charge in [-0.05, 0) is 50.4 Å². The molecule has 21 heavy (non-hydrogen) atoms. The second-order valence-corrected chi connectivity index (χ2v) is 6.38. The molecule has 2 aliphatic rings. The second-order valence-electron chi connectivity index (χ2n) is 6.38. The van der Waals surface area contributed by atoms with Gasteiger partial charge < -0.3 is 10.1 Å². The maximum Gasteiger partial charge on any atom is 0.126 e. The van der Waals surface area contributed by atoms with Crippen LogP contribution in [0, 0.1) is 5.41 Å². The van der Waals surface area contributed by atoms with Crippen molar-refractivity contribution in [1.82, 2.24) is 10.2 Å². The molecule has 2 fully saturated rings. The smallest absolute Gasteiger partial charge is 0.126 e. The van der Waals surface area contributed by atoms with Crippen LogP contribution >= 0.6 is 0 Å². The summed E-state index contributed by atoms with van der Waals surface area (Å²) in [6, 6.07) is 8.19. The highest BCUT2D eigenvalue weighted by atomic mass is 16.5. The van der Waals surface area contributed by atoms with Crippen LogP contribution in [0.4, 0.5) is 0 Å². The number of ether oxygens (including phenoxy) is 1. The fraction of sp³-hybridized carbons (Fsp3) is 0.556. The Bertz CT molecular complexity index is 492. The van der Waals surface area contributed by atoms with E-state index in [1.54, 1.807) is 7.11 Å².